The second-order valence-corrected chi connectivity index (χ2v) is 10.1. The lowest BCUT2D eigenvalue weighted by atomic mass is 9.84. The molecular weight excluding hydrogens is 426 g/mol. The Bertz CT molecular complexity index is 1200. The lowest BCUT2D eigenvalue weighted by Gasteiger charge is -2.45. The Morgan fingerprint density at radius 2 is 1.85 bits per heavy atom. The lowest BCUT2D eigenvalue weighted by molar-refractivity contribution is -0.134. The Labute approximate surface area is 200 Å². The van der Waals surface area contributed by atoms with Gasteiger partial charge in [0.15, 0.2) is 0 Å². The maximum Gasteiger partial charge on any atom is 0.271 e. The summed E-state index contributed by atoms with van der Waals surface area (Å²) in [5.41, 5.74) is 2.51. The Hall–Kier alpha value is -3.28. The summed E-state index contributed by atoms with van der Waals surface area (Å²) in [4.78, 5) is 29.6. The van der Waals surface area contributed by atoms with E-state index in [2.05, 4.69) is 12.2 Å². The molecule has 1 fully saturated rings. The number of aryl methyl sites for hydroxylation is 1. The molecule has 34 heavy (non-hydrogen) atoms. The van der Waals surface area contributed by atoms with Gasteiger partial charge in [0.05, 0.1) is 18.5 Å². The maximum atomic E-state index is 14.0. The second-order valence-electron chi connectivity index (χ2n) is 10.1. The van der Waals surface area contributed by atoms with Gasteiger partial charge in [0, 0.05) is 12.6 Å². The van der Waals surface area contributed by atoms with E-state index >= 15 is 0 Å². The number of nitrogens with one attached hydrogen (secondary N) is 1. The van der Waals surface area contributed by atoms with Crippen LogP contribution in [0.25, 0.3) is 11.5 Å². The first-order chi connectivity index (χ1) is 16.4. The first kappa shape index (κ1) is 22.5. The molecule has 6 nitrogen and oxygen atoms in total. The number of aromatic nitrogens is 1. The summed E-state index contributed by atoms with van der Waals surface area (Å²) < 4.78 is 7.58. The van der Waals surface area contributed by atoms with Gasteiger partial charge in [0.1, 0.15) is 17.0 Å². The van der Waals surface area contributed by atoms with Crippen LogP contribution in [0.4, 0.5) is 0 Å². The third-order valence-electron chi connectivity index (χ3n) is 7.79. The van der Waals surface area contributed by atoms with Crippen LogP contribution < -0.4 is 5.32 Å². The average Bonchev–Trinajstić information content (AvgIpc) is 3.49. The molecule has 2 aliphatic rings. The number of carbonyl (C=O) groups excluding carboxylic acids is 2. The summed E-state index contributed by atoms with van der Waals surface area (Å²) >= 11 is 0. The highest BCUT2D eigenvalue weighted by Gasteiger charge is 2.48. The highest BCUT2D eigenvalue weighted by molar-refractivity contribution is 6.00. The lowest BCUT2D eigenvalue weighted by Crippen LogP contribution is -2.65. The van der Waals surface area contributed by atoms with Crippen molar-refractivity contribution in [2.24, 2.45) is 5.92 Å². The molecule has 2 aromatic heterocycles. The summed E-state index contributed by atoms with van der Waals surface area (Å²) in [5, 5.41) is 3.34. The van der Waals surface area contributed by atoms with Gasteiger partial charge in [0.25, 0.3) is 5.91 Å². The molecule has 2 amide bonds. The number of hydrogen-bond donors (Lipinski definition) is 1. The van der Waals surface area contributed by atoms with E-state index in [1.807, 2.05) is 66.9 Å². The first-order valence-electron chi connectivity index (χ1n) is 12.3. The van der Waals surface area contributed by atoms with Crippen LogP contribution in [0, 0.1) is 12.8 Å². The quantitative estimate of drug-likeness (QED) is 0.573. The Balaban J connectivity index is 1.54. The van der Waals surface area contributed by atoms with Gasteiger partial charge >= 0.3 is 0 Å². The van der Waals surface area contributed by atoms with E-state index in [0.29, 0.717) is 30.5 Å². The predicted octanol–water partition coefficient (Wildman–Crippen LogP) is 5.17. The van der Waals surface area contributed by atoms with Crippen LogP contribution in [0.5, 0.6) is 0 Å². The van der Waals surface area contributed by atoms with Gasteiger partial charge in [-0.3, -0.25) is 9.59 Å². The van der Waals surface area contributed by atoms with Crippen LogP contribution in [0.2, 0.25) is 0 Å². The molecule has 0 bridgehead atoms. The van der Waals surface area contributed by atoms with E-state index in [1.165, 1.54) is 6.42 Å². The molecule has 3 aromatic rings. The molecule has 3 atom stereocenters. The number of rotatable bonds is 5. The fourth-order valence-corrected chi connectivity index (χ4v) is 5.47. The number of nitrogens with zero attached hydrogens (tertiary/aromatic N) is 2. The zero-order valence-corrected chi connectivity index (χ0v) is 20.2. The largest absolute Gasteiger partial charge is 0.463 e. The van der Waals surface area contributed by atoms with Gasteiger partial charge in [-0.2, -0.15) is 0 Å². The number of furan rings is 1. The number of amides is 2. The molecule has 0 saturated heterocycles. The minimum absolute atomic E-state index is 0.0853. The van der Waals surface area contributed by atoms with E-state index < -0.39 is 5.54 Å². The van der Waals surface area contributed by atoms with Crippen molar-refractivity contribution in [3.05, 3.63) is 71.6 Å². The minimum Gasteiger partial charge on any atom is -0.463 e. The average molecular weight is 460 g/mol. The SMILES string of the molecule is Cc1ccccc1CN1C(=O)c2ccc(-c3ccco3)n2C[C@]1(C)C(=O)N[C@H]1CCCC[C@@H]1C. The van der Waals surface area contributed by atoms with Crippen molar-refractivity contribution in [2.75, 3.05) is 0 Å². The molecule has 0 radical (unpaired) electrons. The Morgan fingerprint density at radius 1 is 1.09 bits per heavy atom. The van der Waals surface area contributed by atoms with Crippen molar-refractivity contribution in [1.29, 1.82) is 0 Å². The maximum absolute atomic E-state index is 14.0. The van der Waals surface area contributed by atoms with Crippen LogP contribution in [-0.4, -0.2) is 32.9 Å². The first-order valence-corrected chi connectivity index (χ1v) is 12.3. The predicted molar refractivity (Wildman–Crippen MR) is 131 cm³/mol. The standard InChI is InChI=1S/C28H33N3O3/c1-19-9-4-6-11-21(19)17-31-26(32)24-15-14-23(25-13-8-16-34-25)30(24)18-28(31,3)27(33)29-22-12-7-5-10-20(22)2/h4,6,8-9,11,13-16,20,22H,5,7,10,12,17-18H2,1-3H3,(H,29,33)/t20-,22-,28+/m0/s1. The minimum atomic E-state index is -1.04. The molecule has 6 heteroatoms. The molecule has 3 heterocycles. The fraction of sp³-hybridized carbons (Fsp3) is 0.429. The van der Waals surface area contributed by atoms with Gasteiger partial charge < -0.3 is 19.2 Å². The van der Waals surface area contributed by atoms with Crippen molar-refractivity contribution in [1.82, 2.24) is 14.8 Å². The normalized spacial score (nSPS) is 24.7. The number of hydrogen-bond acceptors (Lipinski definition) is 3. The van der Waals surface area contributed by atoms with Gasteiger partial charge in [-0.1, -0.05) is 44.0 Å². The summed E-state index contributed by atoms with van der Waals surface area (Å²) in [6, 6.07) is 15.7. The van der Waals surface area contributed by atoms with Crippen LogP contribution in [-0.2, 0) is 17.9 Å². The third-order valence-corrected chi connectivity index (χ3v) is 7.79. The Morgan fingerprint density at radius 3 is 2.59 bits per heavy atom. The molecule has 5 rings (SSSR count). The monoisotopic (exact) mass is 459 g/mol. The van der Waals surface area contributed by atoms with Crippen molar-refractivity contribution >= 4 is 11.8 Å². The zero-order valence-electron chi connectivity index (χ0n) is 20.2. The van der Waals surface area contributed by atoms with Gasteiger partial charge in [-0.25, -0.2) is 0 Å². The van der Waals surface area contributed by atoms with Gasteiger partial charge in [0.2, 0.25) is 5.91 Å². The highest BCUT2D eigenvalue weighted by Crippen LogP contribution is 2.35. The van der Waals surface area contributed by atoms with Crippen LogP contribution in [0.15, 0.2) is 59.2 Å². The molecule has 178 valence electrons. The molecular formula is C28H33N3O3. The molecule has 0 spiro atoms. The fourth-order valence-electron chi connectivity index (χ4n) is 5.47. The summed E-state index contributed by atoms with van der Waals surface area (Å²) in [6.07, 6.45) is 6.07. The van der Waals surface area contributed by atoms with E-state index in [9.17, 15) is 9.59 Å². The van der Waals surface area contributed by atoms with E-state index in [4.69, 9.17) is 4.42 Å². The number of fused-ring (bicyclic) bond motifs is 1. The van der Waals surface area contributed by atoms with Crippen molar-refractivity contribution in [3.63, 3.8) is 0 Å². The molecule has 1 N–H and O–H groups in total. The summed E-state index contributed by atoms with van der Waals surface area (Å²) in [7, 11) is 0. The molecule has 0 unspecified atom stereocenters. The molecule has 1 saturated carbocycles. The smallest absolute Gasteiger partial charge is 0.271 e. The van der Waals surface area contributed by atoms with Crippen molar-refractivity contribution < 1.29 is 14.0 Å². The van der Waals surface area contributed by atoms with Gasteiger partial charge in [-0.05, 0) is 68.0 Å². The Kier molecular flexibility index (Phi) is 5.84. The van der Waals surface area contributed by atoms with Crippen LogP contribution in [0.3, 0.4) is 0 Å². The van der Waals surface area contributed by atoms with Crippen LogP contribution in [0.1, 0.15) is 61.1 Å². The van der Waals surface area contributed by atoms with E-state index in [0.717, 1.165) is 36.1 Å². The summed E-state index contributed by atoms with van der Waals surface area (Å²) in [5.74, 6) is 0.904. The molecule has 1 aliphatic heterocycles. The third kappa shape index (κ3) is 3.85. The van der Waals surface area contributed by atoms with Crippen molar-refractivity contribution in [2.45, 2.75) is 71.1 Å². The van der Waals surface area contributed by atoms with Crippen molar-refractivity contribution in [3.8, 4) is 11.5 Å². The number of carbonyl (C=O) groups is 2. The number of benzene rings is 1. The topological polar surface area (TPSA) is 67.5 Å². The molecule has 1 aliphatic carbocycles. The zero-order chi connectivity index (χ0) is 23.9. The second kappa shape index (κ2) is 8.82. The summed E-state index contributed by atoms with van der Waals surface area (Å²) in [6.45, 7) is 6.92. The van der Waals surface area contributed by atoms with E-state index in [-0.39, 0.29) is 17.9 Å². The molecule has 1 aromatic carbocycles. The van der Waals surface area contributed by atoms with Crippen LogP contribution >= 0.6 is 0 Å². The van der Waals surface area contributed by atoms with Gasteiger partial charge in [-0.15, -0.1) is 0 Å². The highest BCUT2D eigenvalue weighted by atomic mass is 16.3. The van der Waals surface area contributed by atoms with E-state index in [1.54, 1.807) is 11.2 Å².